The Bertz CT molecular complexity index is 5250. The van der Waals surface area contributed by atoms with Gasteiger partial charge >= 0.3 is 83.7 Å². The fourth-order valence-corrected chi connectivity index (χ4v) is 29.0. The number of carbonyl (C=O) groups is 5. The summed E-state index contributed by atoms with van der Waals surface area (Å²) in [7, 11) is -11.9. The molecule has 13 atom stereocenters. The molecular weight excluding hydrogens is 2010 g/mol. The maximum atomic E-state index is 13.2. The van der Waals surface area contributed by atoms with E-state index in [1.165, 1.54) is 120 Å². The lowest BCUT2D eigenvalue weighted by Gasteiger charge is -2.38. The average Bonchev–Trinajstić information content (AvgIpc) is 1.55. The van der Waals surface area contributed by atoms with Gasteiger partial charge in [0.05, 0.1) is 109 Å². The Morgan fingerprint density at radius 1 is 0.370 bits per heavy atom. The number of esters is 5. The molecule has 9 heterocycles. The summed E-state index contributed by atoms with van der Waals surface area (Å²) in [5, 5.41) is 7.81. The van der Waals surface area contributed by atoms with Gasteiger partial charge in [-0.05, 0) is 131 Å². The van der Waals surface area contributed by atoms with E-state index in [0.717, 1.165) is 17.2 Å². The van der Waals surface area contributed by atoms with Gasteiger partial charge in [-0.2, -0.15) is 79.0 Å². The van der Waals surface area contributed by atoms with Gasteiger partial charge < -0.3 is 75.2 Å². The summed E-state index contributed by atoms with van der Waals surface area (Å²) < 4.78 is 396. The second-order valence-corrected chi connectivity index (χ2v) is 45.0. The number of rotatable bonds is 27. The van der Waals surface area contributed by atoms with Crippen LogP contribution in [0.4, 0.5) is 79.0 Å². The highest BCUT2D eigenvalue weighted by Crippen LogP contribution is 2.60. The summed E-state index contributed by atoms with van der Waals surface area (Å²) in [4.78, 5) is 64.3. The quantitative estimate of drug-likeness (QED) is 0.0115. The molecule has 17 rings (SSSR count). The molecule has 6 bridgehead atoms. The first kappa shape index (κ1) is 109. The van der Waals surface area contributed by atoms with Crippen LogP contribution in [0.15, 0.2) is 124 Å². The summed E-state index contributed by atoms with van der Waals surface area (Å²) in [5.41, 5.74) is -16.5. The van der Waals surface area contributed by atoms with Crippen molar-refractivity contribution in [3.05, 3.63) is 109 Å². The van der Waals surface area contributed by atoms with Crippen LogP contribution in [0, 0.1) is 41.4 Å². The lowest BCUT2D eigenvalue weighted by atomic mass is 9.80. The Kier molecular flexibility index (Phi) is 34.3. The Balaban J connectivity index is 0.000000149. The highest BCUT2D eigenvalue weighted by Gasteiger charge is 2.79. The SMILES string of the molecule is COCCOc1ccc([S+]2CCCC2)c2ccccc12.COCCOc1ccc([S+]2CCCC2)c2ccccc12.COCCOc1ccc([S+]2CCCC2)c2ccccc12.O=C(OC(CS(=O)(=O)[O-])(C(F)(F)F)C(F)(F)F)C1C2CC3OC(=O)C1C3C2.O=C(OC(CS(=O)(=O)[O-])(C(F)(F)F)C(F)(F)F)C1C2CC3OC(=O)C1C3O2.O=C(OC(CS(=O)(=O)[O-])(C(F)(F)F)C(F)(F)F)C1CC2CCC1O2. The van der Waals surface area contributed by atoms with Gasteiger partial charge in [-0.3, -0.25) is 24.0 Å². The molecule has 11 fully saturated rings. The third kappa shape index (κ3) is 24.3. The van der Waals surface area contributed by atoms with Crippen LogP contribution in [0.1, 0.15) is 77.0 Å². The van der Waals surface area contributed by atoms with Gasteiger partial charge in [0.25, 0.3) is 0 Å². The number of methoxy groups -OCH3 is 3. The minimum absolute atomic E-state index is 0.0809. The Morgan fingerprint density at radius 3 is 1.01 bits per heavy atom. The molecule has 0 spiro atoms. The van der Waals surface area contributed by atoms with Crippen molar-refractivity contribution >= 4 is 125 Å². The molecule has 6 aromatic rings. The molecule has 138 heavy (non-hydrogen) atoms. The zero-order chi connectivity index (χ0) is 101. The first-order chi connectivity index (χ1) is 64.5. The molecule has 0 radical (unpaired) electrons. The minimum Gasteiger partial charge on any atom is -0.748 e. The maximum absolute atomic E-state index is 13.2. The van der Waals surface area contributed by atoms with Crippen LogP contribution >= 0.6 is 0 Å². The molecule has 2 aliphatic carbocycles. The summed E-state index contributed by atoms with van der Waals surface area (Å²) in [6.07, 6.45) is -34.4. The van der Waals surface area contributed by atoms with E-state index in [1.54, 1.807) is 21.3 Å². The first-order valence-corrected chi connectivity index (χ1v) is 52.5. The second kappa shape index (κ2) is 43.4. The van der Waals surface area contributed by atoms with E-state index < -0.39 is 209 Å². The third-order valence-corrected chi connectivity index (χ3v) is 35.1. The van der Waals surface area contributed by atoms with Crippen molar-refractivity contribution in [2.75, 3.05) is 113 Å². The number of fused-ring (bicyclic) bond motifs is 7. The molecule has 9 aliphatic heterocycles. The lowest BCUT2D eigenvalue weighted by molar-refractivity contribution is -0.362. The molecule has 2 saturated carbocycles. The molecular formula is C87H94F18O27S6. The van der Waals surface area contributed by atoms with E-state index in [2.05, 4.69) is 123 Å². The number of halogens is 18. The number of hydrogen-bond donors (Lipinski definition) is 0. The smallest absolute Gasteiger partial charge is 0.438 e. The van der Waals surface area contributed by atoms with Crippen LogP contribution in [0.3, 0.4) is 0 Å². The summed E-state index contributed by atoms with van der Waals surface area (Å²) >= 11 is 0. The number of carbonyl (C=O) groups excluding carboxylic acids is 5. The summed E-state index contributed by atoms with van der Waals surface area (Å²) in [6, 6.07) is 39.1. The molecule has 0 aromatic heterocycles. The second-order valence-electron chi connectivity index (χ2n) is 34.0. The van der Waals surface area contributed by atoms with Crippen molar-refractivity contribution in [1.29, 1.82) is 0 Å². The van der Waals surface area contributed by atoms with E-state index in [-0.39, 0.29) is 32.1 Å². The molecule has 766 valence electrons. The average molecular weight is 2110 g/mol. The van der Waals surface area contributed by atoms with Crippen molar-refractivity contribution in [3.63, 3.8) is 0 Å². The highest BCUT2D eigenvalue weighted by molar-refractivity contribution is 7.98. The third-order valence-electron chi connectivity index (χ3n) is 25.2. The van der Waals surface area contributed by atoms with Gasteiger partial charge in [0, 0.05) is 98.7 Å². The largest absolute Gasteiger partial charge is 0.748 e. The molecule has 0 amide bonds. The fraction of sp³-hybridized carbons (Fsp3) is 0.598. The van der Waals surface area contributed by atoms with Gasteiger partial charge in [-0.1, -0.05) is 54.6 Å². The van der Waals surface area contributed by atoms with Gasteiger partial charge in [-0.15, -0.1) is 0 Å². The number of alkyl halides is 18. The molecule has 6 aromatic carbocycles. The summed E-state index contributed by atoms with van der Waals surface area (Å²) in [5.74, 6) is -14.9. The van der Waals surface area contributed by atoms with Gasteiger partial charge in [-0.25, -0.2) is 25.3 Å². The van der Waals surface area contributed by atoms with Gasteiger partial charge in [0.2, 0.25) is 0 Å². The van der Waals surface area contributed by atoms with Crippen molar-refractivity contribution in [3.8, 4) is 17.2 Å². The van der Waals surface area contributed by atoms with Crippen LogP contribution in [-0.2, 0) is 134 Å². The Labute approximate surface area is 787 Å². The topological polar surface area (TPSA) is 377 Å². The van der Waals surface area contributed by atoms with Crippen LogP contribution < -0.4 is 14.2 Å². The number of ether oxygens (including phenoxy) is 13. The standard InChI is InChI=1S/3C17H21O2S.C13H12F6O7S.C12H10F6O8S.C11H12F6O6S/c3*1-18-10-11-19-16-8-9-17(20-12-4-5-13-20)15-7-3-2-6-14(15)16;14-12(15,16)11(13(17,18)19,3-27(22,23)24)26-10(21)7-4-1-5-6(2-4)25-9(20)8(5)7;13-11(14,15)10(12(16,17)18,2-27(21,22)23)26-9(20)5-3-1-4-7(24-3)6(5)8(19)25-4;12-10(13,14)9(11(15,16)17,4-24(19,20)21)23-8(18)6-3-5-1-2-7(6)22-5/h3*2-3,6-9H,4-5,10-13H2,1H3;4-8H,1-3H2,(H,22,23,24);3-7H,1-2H2,(H,21,22,23);5-7H,1-4H2,(H,19,20,21)/q3*+1;;;/p-3. The Morgan fingerprint density at radius 2 is 0.696 bits per heavy atom. The predicted octanol–water partition coefficient (Wildman–Crippen LogP) is 13.8. The van der Waals surface area contributed by atoms with E-state index in [0.29, 0.717) is 78.7 Å². The first-order valence-electron chi connectivity index (χ1n) is 43.0. The van der Waals surface area contributed by atoms with Crippen molar-refractivity contribution < 1.29 is 203 Å². The van der Waals surface area contributed by atoms with E-state index >= 15 is 0 Å². The molecule has 0 N–H and O–H groups in total. The van der Waals surface area contributed by atoms with Crippen LogP contribution in [-0.4, -0.2) is 272 Å². The van der Waals surface area contributed by atoms with Crippen molar-refractivity contribution in [1.82, 2.24) is 0 Å². The summed E-state index contributed by atoms with van der Waals surface area (Å²) in [6.45, 7) is 3.68. The van der Waals surface area contributed by atoms with E-state index in [1.807, 2.05) is 0 Å². The van der Waals surface area contributed by atoms with E-state index in [4.69, 9.17) is 47.4 Å². The number of hydrogen-bond acceptors (Lipinski definition) is 27. The monoisotopic (exact) mass is 2100 g/mol. The van der Waals surface area contributed by atoms with Crippen LogP contribution in [0.25, 0.3) is 32.3 Å². The van der Waals surface area contributed by atoms with Crippen molar-refractivity contribution in [2.24, 2.45) is 41.4 Å². The van der Waals surface area contributed by atoms with Crippen molar-refractivity contribution in [2.45, 2.75) is 182 Å². The Hall–Kier alpha value is -7.83. The maximum Gasteiger partial charge on any atom is 0.438 e. The highest BCUT2D eigenvalue weighted by atomic mass is 32.2. The molecule has 9 saturated heterocycles. The normalized spacial score (nSPS) is 24.8. The van der Waals surface area contributed by atoms with Gasteiger partial charge in [0.15, 0.2) is 14.7 Å². The molecule has 27 nitrogen and oxygen atoms in total. The van der Waals surface area contributed by atoms with Crippen LogP contribution in [0.5, 0.6) is 17.2 Å². The van der Waals surface area contributed by atoms with E-state index in [9.17, 15) is 142 Å². The predicted molar refractivity (Wildman–Crippen MR) is 453 cm³/mol. The molecule has 11 aliphatic rings. The molecule has 13 unspecified atom stereocenters. The van der Waals surface area contributed by atoms with Gasteiger partial charge in [0.1, 0.15) is 95.8 Å². The fourth-order valence-electron chi connectivity index (χ4n) is 18.9. The zero-order valence-corrected chi connectivity index (χ0v) is 78.2. The van der Waals surface area contributed by atoms with Crippen LogP contribution in [0.2, 0.25) is 0 Å². The lowest BCUT2D eigenvalue weighted by Crippen LogP contribution is -2.64. The number of benzene rings is 6. The zero-order valence-electron chi connectivity index (χ0n) is 73.3. The minimum atomic E-state index is -6.48. The molecule has 51 heteroatoms.